The average molecular weight is 309 g/mol. The maximum atomic E-state index is 12.7. The van der Waals surface area contributed by atoms with Gasteiger partial charge in [-0.1, -0.05) is 24.6 Å². The van der Waals surface area contributed by atoms with Crippen LogP contribution >= 0.6 is 22.9 Å². The Labute approximate surface area is 127 Å². The summed E-state index contributed by atoms with van der Waals surface area (Å²) >= 11 is 7.64. The molecule has 0 bridgehead atoms. The van der Waals surface area contributed by atoms with Crippen molar-refractivity contribution in [2.75, 3.05) is 12.3 Å². The molecule has 1 unspecified atom stereocenters. The topological polar surface area (TPSA) is 46.3 Å². The molecule has 1 aromatic heterocycles. The third-order valence-electron chi connectivity index (χ3n) is 4.00. The quantitative estimate of drug-likeness (QED) is 0.906. The number of benzene rings is 1. The van der Waals surface area contributed by atoms with Gasteiger partial charge in [-0.3, -0.25) is 4.79 Å². The first-order valence-electron chi connectivity index (χ1n) is 6.91. The SMILES string of the molecule is CCC1CCCN1C(=O)c1sc2cccc(Cl)c2c1N. The first kappa shape index (κ1) is 13.7. The van der Waals surface area contributed by atoms with E-state index in [0.29, 0.717) is 21.6 Å². The number of carbonyl (C=O) groups excluding carboxylic acids is 1. The van der Waals surface area contributed by atoms with Crippen molar-refractivity contribution in [3.8, 4) is 0 Å². The molecule has 2 aromatic rings. The van der Waals surface area contributed by atoms with E-state index < -0.39 is 0 Å². The number of fused-ring (bicyclic) bond motifs is 1. The number of halogens is 1. The van der Waals surface area contributed by atoms with Crippen LogP contribution in [0.2, 0.25) is 5.02 Å². The highest BCUT2D eigenvalue weighted by Gasteiger charge is 2.30. The van der Waals surface area contributed by atoms with E-state index in [2.05, 4.69) is 6.92 Å². The van der Waals surface area contributed by atoms with Crippen LogP contribution < -0.4 is 5.73 Å². The minimum atomic E-state index is 0.0594. The van der Waals surface area contributed by atoms with Crippen LogP contribution in [-0.4, -0.2) is 23.4 Å². The molecule has 0 spiro atoms. The molecule has 1 aromatic carbocycles. The largest absolute Gasteiger partial charge is 0.397 e. The van der Waals surface area contributed by atoms with Crippen molar-refractivity contribution in [2.24, 2.45) is 0 Å². The van der Waals surface area contributed by atoms with Gasteiger partial charge in [-0.25, -0.2) is 0 Å². The Morgan fingerprint density at radius 2 is 2.35 bits per heavy atom. The fourth-order valence-corrected chi connectivity index (χ4v) is 4.38. The monoisotopic (exact) mass is 308 g/mol. The molecular formula is C15H17ClN2OS. The lowest BCUT2D eigenvalue weighted by Gasteiger charge is -2.23. The Balaban J connectivity index is 2.04. The number of rotatable bonds is 2. The van der Waals surface area contributed by atoms with Crippen molar-refractivity contribution in [1.82, 2.24) is 4.90 Å². The number of likely N-dealkylation sites (tertiary alicyclic amines) is 1. The lowest BCUT2D eigenvalue weighted by molar-refractivity contribution is 0.0739. The van der Waals surface area contributed by atoms with Gasteiger partial charge in [0.1, 0.15) is 4.88 Å². The molecule has 1 atom stereocenters. The molecule has 1 saturated heterocycles. The molecule has 2 heterocycles. The van der Waals surface area contributed by atoms with Crippen molar-refractivity contribution >= 4 is 44.6 Å². The molecule has 20 heavy (non-hydrogen) atoms. The summed E-state index contributed by atoms with van der Waals surface area (Å²) < 4.78 is 0.977. The molecule has 0 aliphatic carbocycles. The Kier molecular flexibility index (Phi) is 3.61. The summed E-state index contributed by atoms with van der Waals surface area (Å²) in [4.78, 5) is 15.3. The summed E-state index contributed by atoms with van der Waals surface area (Å²) in [5.41, 5.74) is 6.70. The van der Waals surface area contributed by atoms with Crippen molar-refractivity contribution in [2.45, 2.75) is 32.2 Å². The molecule has 1 amide bonds. The molecule has 5 heteroatoms. The smallest absolute Gasteiger partial charge is 0.266 e. The fraction of sp³-hybridized carbons (Fsp3) is 0.400. The third kappa shape index (κ3) is 2.07. The summed E-state index contributed by atoms with van der Waals surface area (Å²) in [5.74, 6) is 0.0594. The van der Waals surface area contributed by atoms with Crippen LogP contribution in [0.25, 0.3) is 10.1 Å². The standard InChI is InChI=1S/C15H17ClN2OS/c1-2-9-5-4-8-18(9)15(19)14-13(17)12-10(16)6-3-7-11(12)20-14/h3,6-7,9H,2,4-5,8,17H2,1H3. The van der Waals surface area contributed by atoms with Crippen molar-refractivity contribution in [3.63, 3.8) is 0 Å². The van der Waals surface area contributed by atoms with Crippen molar-refractivity contribution in [3.05, 3.63) is 28.1 Å². The first-order valence-corrected chi connectivity index (χ1v) is 8.10. The number of hydrogen-bond donors (Lipinski definition) is 1. The highest BCUT2D eigenvalue weighted by Crippen LogP contribution is 2.39. The van der Waals surface area contributed by atoms with Crippen LogP contribution in [-0.2, 0) is 0 Å². The molecule has 0 radical (unpaired) electrons. The van der Waals surface area contributed by atoms with E-state index in [1.165, 1.54) is 11.3 Å². The Bertz CT molecular complexity index is 667. The number of nitrogens with zero attached hydrogens (tertiary/aromatic N) is 1. The van der Waals surface area contributed by atoms with Crippen LogP contribution in [0.15, 0.2) is 18.2 Å². The van der Waals surface area contributed by atoms with Crippen LogP contribution in [0, 0.1) is 0 Å². The van der Waals surface area contributed by atoms with Gasteiger partial charge in [-0.05, 0) is 31.4 Å². The Morgan fingerprint density at radius 3 is 3.05 bits per heavy atom. The first-order chi connectivity index (χ1) is 9.63. The minimum absolute atomic E-state index is 0.0594. The van der Waals surface area contributed by atoms with Crippen LogP contribution in [0.5, 0.6) is 0 Å². The van der Waals surface area contributed by atoms with Gasteiger partial charge in [0.15, 0.2) is 0 Å². The number of amides is 1. The molecule has 3 nitrogen and oxygen atoms in total. The summed E-state index contributed by atoms with van der Waals surface area (Å²) in [6.45, 7) is 2.96. The maximum Gasteiger partial charge on any atom is 0.266 e. The summed E-state index contributed by atoms with van der Waals surface area (Å²) in [7, 11) is 0. The zero-order chi connectivity index (χ0) is 14.3. The summed E-state index contributed by atoms with van der Waals surface area (Å²) in [6.07, 6.45) is 3.17. The third-order valence-corrected chi connectivity index (χ3v) is 5.48. The maximum absolute atomic E-state index is 12.7. The second-order valence-electron chi connectivity index (χ2n) is 5.16. The Morgan fingerprint density at radius 1 is 1.55 bits per heavy atom. The van der Waals surface area contributed by atoms with Crippen LogP contribution in [0.1, 0.15) is 35.9 Å². The molecule has 2 N–H and O–H groups in total. The minimum Gasteiger partial charge on any atom is -0.397 e. The molecule has 1 aliphatic rings. The van der Waals surface area contributed by atoms with E-state index in [9.17, 15) is 4.79 Å². The van der Waals surface area contributed by atoms with Gasteiger partial charge < -0.3 is 10.6 Å². The van der Waals surface area contributed by atoms with Gasteiger partial charge in [0.25, 0.3) is 5.91 Å². The Hall–Kier alpha value is -1.26. The lowest BCUT2D eigenvalue weighted by Crippen LogP contribution is -2.34. The predicted octanol–water partition coefficient (Wildman–Crippen LogP) is 4.15. The number of nitrogen functional groups attached to an aromatic ring is 1. The van der Waals surface area contributed by atoms with Gasteiger partial charge in [0, 0.05) is 22.7 Å². The second kappa shape index (κ2) is 5.26. The highest BCUT2D eigenvalue weighted by atomic mass is 35.5. The van der Waals surface area contributed by atoms with Gasteiger partial charge >= 0.3 is 0 Å². The van der Waals surface area contributed by atoms with E-state index in [4.69, 9.17) is 17.3 Å². The predicted molar refractivity (Wildman–Crippen MR) is 85.6 cm³/mol. The summed E-state index contributed by atoms with van der Waals surface area (Å²) in [5, 5.41) is 1.43. The summed E-state index contributed by atoms with van der Waals surface area (Å²) in [6, 6.07) is 6.01. The average Bonchev–Trinajstić information content (AvgIpc) is 3.03. The molecule has 1 aliphatic heterocycles. The number of thiophene rings is 1. The second-order valence-corrected chi connectivity index (χ2v) is 6.62. The van der Waals surface area contributed by atoms with E-state index in [-0.39, 0.29) is 5.91 Å². The van der Waals surface area contributed by atoms with E-state index in [1.807, 2.05) is 23.1 Å². The van der Waals surface area contributed by atoms with Crippen LogP contribution in [0.4, 0.5) is 5.69 Å². The number of nitrogens with two attached hydrogens (primary N) is 1. The normalized spacial score (nSPS) is 18.9. The molecule has 3 rings (SSSR count). The molecular weight excluding hydrogens is 292 g/mol. The molecule has 106 valence electrons. The number of carbonyl (C=O) groups is 1. The zero-order valence-electron chi connectivity index (χ0n) is 11.4. The lowest BCUT2D eigenvalue weighted by atomic mass is 10.1. The highest BCUT2D eigenvalue weighted by molar-refractivity contribution is 7.21. The molecule has 1 fully saturated rings. The number of hydrogen-bond acceptors (Lipinski definition) is 3. The van der Waals surface area contributed by atoms with Gasteiger partial charge in [-0.15, -0.1) is 11.3 Å². The van der Waals surface area contributed by atoms with Crippen molar-refractivity contribution < 1.29 is 4.79 Å². The fourth-order valence-electron chi connectivity index (χ4n) is 2.95. The zero-order valence-corrected chi connectivity index (χ0v) is 12.9. The van der Waals surface area contributed by atoms with Crippen molar-refractivity contribution in [1.29, 1.82) is 0 Å². The van der Waals surface area contributed by atoms with E-state index in [1.54, 1.807) is 0 Å². The van der Waals surface area contributed by atoms with Gasteiger partial charge in [0.05, 0.1) is 10.7 Å². The van der Waals surface area contributed by atoms with Crippen LogP contribution in [0.3, 0.4) is 0 Å². The van der Waals surface area contributed by atoms with Gasteiger partial charge in [-0.2, -0.15) is 0 Å². The van der Waals surface area contributed by atoms with Gasteiger partial charge in [0.2, 0.25) is 0 Å². The number of anilines is 1. The van der Waals surface area contributed by atoms with E-state index in [0.717, 1.165) is 35.9 Å². The molecule has 0 saturated carbocycles. The van der Waals surface area contributed by atoms with E-state index >= 15 is 0 Å².